The molecule has 0 amide bonds. The van der Waals surface area contributed by atoms with Crippen LogP contribution in [0.1, 0.15) is 24.2 Å². The predicted octanol–water partition coefficient (Wildman–Crippen LogP) is 3.12. The van der Waals surface area contributed by atoms with Crippen LogP contribution >= 0.6 is 15.9 Å². The van der Waals surface area contributed by atoms with Crippen molar-refractivity contribution in [1.29, 1.82) is 0 Å². The topological polar surface area (TPSA) is 53.1 Å². The van der Waals surface area contributed by atoms with Crippen LogP contribution in [-0.4, -0.2) is 16.9 Å². The second-order valence-corrected chi connectivity index (χ2v) is 5.91. The Morgan fingerprint density at radius 1 is 1.40 bits per heavy atom. The molecule has 0 radical (unpaired) electrons. The number of methoxy groups -OCH3 is 1. The Balaban J connectivity index is 2.23. The van der Waals surface area contributed by atoms with Crippen LogP contribution in [0.25, 0.3) is 11.1 Å². The molecule has 1 aliphatic rings. The molecule has 0 unspecified atom stereocenters. The molecule has 3 rings (SSSR count). The molecule has 1 aromatic heterocycles. The van der Waals surface area contributed by atoms with E-state index in [9.17, 15) is 0 Å². The van der Waals surface area contributed by atoms with Gasteiger partial charge in [-0.1, -0.05) is 15.9 Å². The molecule has 1 aromatic carbocycles. The smallest absolute Gasteiger partial charge is 0.126 e. The van der Waals surface area contributed by atoms with Gasteiger partial charge in [0.2, 0.25) is 0 Å². The molecule has 2 N–H and O–H groups in total. The van der Waals surface area contributed by atoms with E-state index in [1.807, 2.05) is 12.1 Å². The number of nitrogens with zero attached hydrogens (tertiary/aromatic N) is 2. The zero-order valence-electron chi connectivity index (χ0n) is 11.5. The predicted molar refractivity (Wildman–Crippen MR) is 82.7 cm³/mol. The minimum absolute atomic E-state index is 0.449. The van der Waals surface area contributed by atoms with E-state index < -0.39 is 0 Å². The third-order valence-corrected chi connectivity index (χ3v) is 4.28. The van der Waals surface area contributed by atoms with Gasteiger partial charge in [0.05, 0.1) is 12.8 Å². The van der Waals surface area contributed by atoms with Crippen molar-refractivity contribution in [3.05, 3.63) is 34.1 Å². The van der Waals surface area contributed by atoms with E-state index in [0.717, 1.165) is 40.0 Å². The fourth-order valence-electron chi connectivity index (χ4n) is 2.87. The SMILES string of the molecule is COc1ccc(Br)cc1-c1c(CN)nn2c1CCCC2. The minimum atomic E-state index is 0.449. The van der Waals surface area contributed by atoms with Gasteiger partial charge in [-0.3, -0.25) is 4.68 Å². The Labute approximate surface area is 127 Å². The van der Waals surface area contributed by atoms with Crippen molar-refractivity contribution in [2.24, 2.45) is 5.73 Å². The standard InChI is InChI=1S/C15H18BrN3O/c1-20-14-6-5-10(16)8-11(14)15-12(9-17)18-19-7-3-2-4-13(15)19/h5-6,8H,2-4,7,9,17H2,1H3. The molecule has 0 saturated heterocycles. The first kappa shape index (κ1) is 13.6. The second-order valence-electron chi connectivity index (χ2n) is 5.00. The number of fused-ring (bicyclic) bond motifs is 1. The maximum absolute atomic E-state index is 5.90. The van der Waals surface area contributed by atoms with Gasteiger partial charge < -0.3 is 10.5 Å². The summed E-state index contributed by atoms with van der Waals surface area (Å²) in [5.41, 5.74) is 10.4. The van der Waals surface area contributed by atoms with Crippen molar-refractivity contribution >= 4 is 15.9 Å². The number of hydrogen-bond acceptors (Lipinski definition) is 3. The number of nitrogens with two attached hydrogens (primary N) is 1. The van der Waals surface area contributed by atoms with Crippen molar-refractivity contribution in [1.82, 2.24) is 9.78 Å². The largest absolute Gasteiger partial charge is 0.496 e. The van der Waals surface area contributed by atoms with Crippen molar-refractivity contribution in [2.75, 3.05) is 7.11 Å². The second kappa shape index (κ2) is 5.58. The lowest BCUT2D eigenvalue weighted by molar-refractivity contribution is 0.416. The monoisotopic (exact) mass is 335 g/mol. The summed E-state index contributed by atoms with van der Waals surface area (Å²) in [6.45, 7) is 1.43. The van der Waals surface area contributed by atoms with Crippen molar-refractivity contribution in [3.63, 3.8) is 0 Å². The van der Waals surface area contributed by atoms with Gasteiger partial charge in [-0.25, -0.2) is 0 Å². The Hall–Kier alpha value is -1.33. The van der Waals surface area contributed by atoms with Gasteiger partial charge in [0, 0.05) is 34.4 Å². The van der Waals surface area contributed by atoms with Gasteiger partial charge >= 0.3 is 0 Å². The molecule has 0 spiro atoms. The zero-order chi connectivity index (χ0) is 14.1. The average molecular weight is 336 g/mol. The van der Waals surface area contributed by atoms with E-state index in [-0.39, 0.29) is 0 Å². The number of halogens is 1. The Morgan fingerprint density at radius 2 is 2.25 bits per heavy atom. The van der Waals surface area contributed by atoms with Crippen molar-refractivity contribution in [2.45, 2.75) is 32.4 Å². The third kappa shape index (κ3) is 2.25. The van der Waals surface area contributed by atoms with Gasteiger partial charge in [0.25, 0.3) is 0 Å². The van der Waals surface area contributed by atoms with Gasteiger partial charge in [-0.05, 0) is 37.5 Å². The average Bonchev–Trinajstić information content (AvgIpc) is 2.85. The van der Waals surface area contributed by atoms with E-state index in [1.165, 1.54) is 18.5 Å². The third-order valence-electron chi connectivity index (χ3n) is 3.79. The molecule has 2 aromatic rings. The molecule has 0 fully saturated rings. The Kier molecular flexibility index (Phi) is 3.81. The van der Waals surface area contributed by atoms with E-state index in [1.54, 1.807) is 7.11 Å². The summed E-state index contributed by atoms with van der Waals surface area (Å²) in [5, 5.41) is 4.67. The maximum Gasteiger partial charge on any atom is 0.126 e. The molecule has 0 saturated carbocycles. The number of hydrogen-bond donors (Lipinski definition) is 1. The molecule has 4 nitrogen and oxygen atoms in total. The van der Waals surface area contributed by atoms with Crippen LogP contribution in [0.5, 0.6) is 5.75 Å². The van der Waals surface area contributed by atoms with Crippen LogP contribution in [0.15, 0.2) is 22.7 Å². The molecule has 0 bridgehead atoms. The zero-order valence-corrected chi connectivity index (χ0v) is 13.1. The van der Waals surface area contributed by atoms with Gasteiger partial charge in [0.15, 0.2) is 0 Å². The molecule has 20 heavy (non-hydrogen) atoms. The maximum atomic E-state index is 5.90. The molecule has 0 atom stereocenters. The Morgan fingerprint density at radius 3 is 3.00 bits per heavy atom. The highest BCUT2D eigenvalue weighted by atomic mass is 79.9. The number of rotatable bonds is 3. The fraction of sp³-hybridized carbons (Fsp3) is 0.400. The summed E-state index contributed by atoms with van der Waals surface area (Å²) in [5.74, 6) is 0.865. The first-order chi connectivity index (χ1) is 9.74. The summed E-state index contributed by atoms with van der Waals surface area (Å²) in [7, 11) is 1.70. The van der Waals surface area contributed by atoms with Gasteiger partial charge in [0.1, 0.15) is 5.75 Å². The number of aryl methyl sites for hydroxylation is 1. The van der Waals surface area contributed by atoms with Crippen molar-refractivity contribution < 1.29 is 4.74 Å². The summed E-state index contributed by atoms with van der Waals surface area (Å²) in [6, 6.07) is 6.05. The lowest BCUT2D eigenvalue weighted by Crippen LogP contribution is -2.11. The number of benzene rings is 1. The lowest BCUT2D eigenvalue weighted by atomic mass is 9.97. The number of ether oxygens (including phenoxy) is 1. The fourth-order valence-corrected chi connectivity index (χ4v) is 3.24. The molecule has 1 aliphatic heterocycles. The highest BCUT2D eigenvalue weighted by molar-refractivity contribution is 9.10. The van der Waals surface area contributed by atoms with Crippen LogP contribution in [0.3, 0.4) is 0 Å². The quantitative estimate of drug-likeness (QED) is 0.937. The summed E-state index contributed by atoms with van der Waals surface area (Å²) in [6.07, 6.45) is 3.45. The molecular formula is C15H18BrN3O. The van der Waals surface area contributed by atoms with E-state index in [0.29, 0.717) is 6.54 Å². The summed E-state index contributed by atoms with van der Waals surface area (Å²) < 4.78 is 8.66. The summed E-state index contributed by atoms with van der Waals surface area (Å²) in [4.78, 5) is 0. The van der Waals surface area contributed by atoms with E-state index in [2.05, 4.69) is 31.8 Å². The molecule has 106 valence electrons. The van der Waals surface area contributed by atoms with Gasteiger partial charge in [-0.15, -0.1) is 0 Å². The van der Waals surface area contributed by atoms with E-state index in [4.69, 9.17) is 10.5 Å². The highest BCUT2D eigenvalue weighted by Crippen LogP contribution is 2.38. The first-order valence-corrected chi connectivity index (χ1v) is 7.66. The van der Waals surface area contributed by atoms with Crippen molar-refractivity contribution in [3.8, 4) is 16.9 Å². The highest BCUT2D eigenvalue weighted by Gasteiger charge is 2.23. The molecule has 2 heterocycles. The number of aromatic nitrogens is 2. The normalized spacial score (nSPS) is 14.2. The van der Waals surface area contributed by atoms with Crippen LogP contribution < -0.4 is 10.5 Å². The van der Waals surface area contributed by atoms with Crippen LogP contribution in [-0.2, 0) is 19.5 Å². The minimum Gasteiger partial charge on any atom is -0.496 e. The van der Waals surface area contributed by atoms with Crippen LogP contribution in [0.4, 0.5) is 0 Å². The summed E-state index contributed by atoms with van der Waals surface area (Å²) >= 11 is 3.54. The lowest BCUT2D eigenvalue weighted by Gasteiger charge is -2.16. The first-order valence-electron chi connectivity index (χ1n) is 6.87. The van der Waals surface area contributed by atoms with Gasteiger partial charge in [-0.2, -0.15) is 5.10 Å². The molecule has 5 heteroatoms. The molecular weight excluding hydrogens is 318 g/mol. The van der Waals surface area contributed by atoms with E-state index >= 15 is 0 Å². The molecule has 0 aliphatic carbocycles. The van der Waals surface area contributed by atoms with Crippen LogP contribution in [0, 0.1) is 0 Å². The Bertz CT molecular complexity index is 636. The van der Waals surface area contributed by atoms with Crippen LogP contribution in [0.2, 0.25) is 0 Å².